The van der Waals surface area contributed by atoms with Crippen LogP contribution in [0, 0.1) is 18.7 Å². The van der Waals surface area contributed by atoms with Crippen molar-refractivity contribution in [2.75, 3.05) is 24.6 Å². The Hall–Kier alpha value is -3.31. The maximum atomic E-state index is 15.8. The van der Waals surface area contributed by atoms with Crippen molar-refractivity contribution >= 4 is 28.7 Å². The number of nitrogens with one attached hydrogen (secondary N) is 1. The number of esters is 1. The number of pyridine rings is 1. The molecule has 1 aliphatic heterocycles. The highest BCUT2D eigenvalue weighted by Crippen LogP contribution is 2.52. The van der Waals surface area contributed by atoms with E-state index in [0.717, 1.165) is 6.07 Å². The molecule has 1 aromatic heterocycles. The molecule has 1 saturated heterocycles. The van der Waals surface area contributed by atoms with E-state index in [0.29, 0.717) is 0 Å². The molecule has 3 fully saturated rings. The number of hydrogen-bond donors (Lipinski definition) is 1. The Kier molecular flexibility index (Phi) is 6.61. The maximum Gasteiger partial charge on any atom is 0.408 e. The van der Waals surface area contributed by atoms with E-state index in [2.05, 4.69) is 5.32 Å². The normalized spacial score (nSPS) is 27.0. The van der Waals surface area contributed by atoms with E-state index in [9.17, 15) is 18.8 Å². The van der Waals surface area contributed by atoms with Crippen molar-refractivity contribution in [3.05, 3.63) is 39.4 Å². The summed E-state index contributed by atoms with van der Waals surface area (Å²) in [6, 6.07) is 0.297. The number of hydrogen-bond acceptors (Lipinski definition) is 6. The standard InChI is InChI=1S/C28H33F4N3O5/c1-6-39-24(37)16-11-35(19-10-17(19)29)21-14(2)22(18(30)9-15(21)23(16)36)34-12-20-27(13-34,7-8-28(20,31)32)33-25(38)40-26(3,4)5/h9,11,17,19-20H,6-8,10,12-13H2,1-5H3,(H,33,38). The summed E-state index contributed by atoms with van der Waals surface area (Å²) >= 11 is 0. The SMILES string of the molecule is CCOC(=O)c1cn(C2CC2F)c2c(C)c(N3CC4C(F)(F)CCC4(NC(=O)OC(C)(C)C)C3)c(F)cc2c1=O. The second kappa shape index (κ2) is 9.37. The van der Waals surface area contributed by atoms with Crippen molar-refractivity contribution in [1.29, 1.82) is 0 Å². The number of fused-ring (bicyclic) bond motifs is 2. The Labute approximate surface area is 228 Å². The second-order valence-corrected chi connectivity index (χ2v) is 12.0. The molecule has 5 rings (SSSR count). The number of halogens is 4. The molecule has 0 radical (unpaired) electrons. The minimum atomic E-state index is -3.11. The van der Waals surface area contributed by atoms with Gasteiger partial charge in [-0.05, 0) is 52.7 Å². The van der Waals surface area contributed by atoms with Crippen LogP contribution in [0.4, 0.5) is 28.0 Å². The van der Waals surface area contributed by atoms with Crippen LogP contribution in [0.5, 0.6) is 0 Å². The Morgan fingerprint density at radius 1 is 1.23 bits per heavy atom. The van der Waals surface area contributed by atoms with Gasteiger partial charge in [-0.3, -0.25) is 4.79 Å². The summed E-state index contributed by atoms with van der Waals surface area (Å²) in [5, 5.41) is 2.54. The summed E-state index contributed by atoms with van der Waals surface area (Å²) in [6.45, 7) is 7.74. The van der Waals surface area contributed by atoms with Crippen LogP contribution in [-0.2, 0) is 9.47 Å². The molecule has 1 N–H and O–H groups in total. The second-order valence-electron chi connectivity index (χ2n) is 12.0. The fourth-order valence-corrected chi connectivity index (χ4v) is 6.25. The summed E-state index contributed by atoms with van der Waals surface area (Å²) in [4.78, 5) is 39.8. The van der Waals surface area contributed by atoms with Gasteiger partial charge in [0.25, 0.3) is 5.92 Å². The third-order valence-corrected chi connectivity index (χ3v) is 8.04. The summed E-state index contributed by atoms with van der Waals surface area (Å²) in [6.07, 6.45) is -1.15. The monoisotopic (exact) mass is 567 g/mol. The van der Waals surface area contributed by atoms with Gasteiger partial charge in [-0.25, -0.2) is 27.2 Å². The van der Waals surface area contributed by atoms with Gasteiger partial charge in [0, 0.05) is 37.5 Å². The molecule has 12 heteroatoms. The molecule has 4 unspecified atom stereocenters. The number of rotatable bonds is 5. The number of ether oxygens (including phenoxy) is 2. The zero-order valence-electron chi connectivity index (χ0n) is 23.1. The van der Waals surface area contributed by atoms with Crippen molar-refractivity contribution in [2.45, 2.75) is 83.2 Å². The van der Waals surface area contributed by atoms with E-state index in [4.69, 9.17) is 9.47 Å². The summed E-state index contributed by atoms with van der Waals surface area (Å²) in [5.74, 6) is -6.17. The molecule has 2 aromatic rings. The fourth-order valence-electron chi connectivity index (χ4n) is 6.25. The maximum absolute atomic E-state index is 15.8. The van der Waals surface area contributed by atoms with Crippen molar-refractivity contribution in [1.82, 2.24) is 9.88 Å². The molecule has 4 atom stereocenters. The molecule has 1 amide bonds. The quantitative estimate of drug-likeness (QED) is 0.403. The molecule has 0 bridgehead atoms. The van der Waals surface area contributed by atoms with Gasteiger partial charge in [0.05, 0.1) is 35.3 Å². The molecule has 218 valence electrons. The highest BCUT2D eigenvalue weighted by molar-refractivity contribution is 5.96. The number of carbonyl (C=O) groups excluding carboxylic acids is 2. The number of alkyl carbamates (subject to hydrolysis) is 1. The largest absolute Gasteiger partial charge is 0.462 e. The number of amides is 1. The highest BCUT2D eigenvalue weighted by Gasteiger charge is 2.64. The lowest BCUT2D eigenvalue weighted by Crippen LogP contribution is -2.54. The molecule has 2 aliphatic carbocycles. The van der Waals surface area contributed by atoms with Crippen molar-refractivity contribution in [3.63, 3.8) is 0 Å². The Morgan fingerprint density at radius 2 is 1.90 bits per heavy atom. The molecule has 2 saturated carbocycles. The van der Waals surface area contributed by atoms with Gasteiger partial charge >= 0.3 is 12.1 Å². The zero-order valence-corrected chi connectivity index (χ0v) is 23.1. The zero-order chi connectivity index (χ0) is 29.4. The molecular formula is C28H33F4N3O5. The lowest BCUT2D eigenvalue weighted by Gasteiger charge is -2.32. The number of aromatic nitrogens is 1. The predicted octanol–water partition coefficient (Wildman–Crippen LogP) is 5.04. The van der Waals surface area contributed by atoms with Crippen LogP contribution in [0.15, 0.2) is 17.1 Å². The van der Waals surface area contributed by atoms with Crippen molar-refractivity contribution in [2.24, 2.45) is 5.92 Å². The minimum Gasteiger partial charge on any atom is -0.462 e. The lowest BCUT2D eigenvalue weighted by molar-refractivity contribution is -0.0415. The number of carbonyl (C=O) groups is 2. The van der Waals surface area contributed by atoms with Crippen LogP contribution in [-0.4, -0.2) is 59.6 Å². The van der Waals surface area contributed by atoms with Gasteiger partial charge < -0.3 is 24.3 Å². The number of anilines is 1. The first-order chi connectivity index (χ1) is 18.6. The first-order valence-corrected chi connectivity index (χ1v) is 13.4. The van der Waals surface area contributed by atoms with Gasteiger partial charge in [-0.1, -0.05) is 0 Å². The smallest absolute Gasteiger partial charge is 0.408 e. The average molecular weight is 568 g/mol. The summed E-state index contributed by atoms with van der Waals surface area (Å²) in [7, 11) is 0. The van der Waals surface area contributed by atoms with Gasteiger partial charge in [0.1, 0.15) is 23.2 Å². The summed E-state index contributed by atoms with van der Waals surface area (Å²) < 4.78 is 72.0. The Morgan fingerprint density at radius 3 is 2.50 bits per heavy atom. The number of nitrogens with zero attached hydrogens (tertiary/aromatic N) is 2. The number of benzene rings is 1. The summed E-state index contributed by atoms with van der Waals surface area (Å²) in [5.41, 5.74) is -2.86. The van der Waals surface area contributed by atoms with Gasteiger partial charge in [0.15, 0.2) is 0 Å². The van der Waals surface area contributed by atoms with Crippen LogP contribution < -0.4 is 15.6 Å². The van der Waals surface area contributed by atoms with E-state index in [1.165, 1.54) is 22.6 Å². The minimum absolute atomic E-state index is 0.0116. The highest BCUT2D eigenvalue weighted by atomic mass is 19.3. The number of alkyl halides is 3. The van der Waals surface area contributed by atoms with Crippen LogP contribution in [0.25, 0.3) is 10.9 Å². The molecule has 40 heavy (non-hydrogen) atoms. The van der Waals surface area contributed by atoms with E-state index >= 15 is 13.2 Å². The molecule has 8 nitrogen and oxygen atoms in total. The van der Waals surface area contributed by atoms with Gasteiger partial charge in [0.2, 0.25) is 5.43 Å². The molecule has 0 spiro atoms. The van der Waals surface area contributed by atoms with E-state index < -0.39 is 64.9 Å². The predicted molar refractivity (Wildman–Crippen MR) is 139 cm³/mol. The van der Waals surface area contributed by atoms with Crippen molar-refractivity contribution in [3.8, 4) is 0 Å². The Bertz CT molecular complexity index is 1450. The molecular weight excluding hydrogens is 534 g/mol. The first-order valence-electron chi connectivity index (χ1n) is 13.4. The van der Waals surface area contributed by atoms with E-state index in [1.807, 2.05) is 0 Å². The third-order valence-electron chi connectivity index (χ3n) is 8.04. The van der Waals surface area contributed by atoms with Crippen molar-refractivity contribution < 1.29 is 36.6 Å². The molecule has 2 heterocycles. The first kappa shape index (κ1) is 28.2. The lowest BCUT2D eigenvalue weighted by atomic mass is 9.89. The average Bonchev–Trinajstić information content (AvgIpc) is 3.35. The third kappa shape index (κ3) is 4.68. The topological polar surface area (TPSA) is 89.9 Å². The fraction of sp³-hybridized carbons (Fsp3) is 0.607. The van der Waals surface area contributed by atoms with E-state index in [-0.39, 0.29) is 60.3 Å². The number of aryl methyl sites for hydroxylation is 1. The molecule has 1 aromatic carbocycles. The molecule has 3 aliphatic rings. The Balaban J connectivity index is 1.61. The van der Waals surface area contributed by atoms with Crippen LogP contribution >= 0.6 is 0 Å². The van der Waals surface area contributed by atoms with Crippen LogP contribution in [0.1, 0.15) is 68.9 Å². The van der Waals surface area contributed by atoms with Crippen LogP contribution in [0.3, 0.4) is 0 Å². The van der Waals surface area contributed by atoms with Gasteiger partial charge in [-0.2, -0.15) is 0 Å². The van der Waals surface area contributed by atoms with Gasteiger partial charge in [-0.15, -0.1) is 0 Å². The van der Waals surface area contributed by atoms with E-state index in [1.54, 1.807) is 27.7 Å². The van der Waals surface area contributed by atoms with Crippen LogP contribution in [0.2, 0.25) is 0 Å².